The molecule has 0 radical (unpaired) electrons. The highest BCUT2D eigenvalue weighted by Gasteiger charge is 2.14. The van der Waals surface area contributed by atoms with Crippen molar-refractivity contribution in [3.63, 3.8) is 0 Å². The predicted octanol–water partition coefficient (Wildman–Crippen LogP) is 3.78. The van der Waals surface area contributed by atoms with Crippen LogP contribution in [0.4, 0.5) is 4.39 Å². The second-order valence-electron chi connectivity index (χ2n) is 5.97. The van der Waals surface area contributed by atoms with Crippen molar-refractivity contribution in [3.05, 3.63) is 71.4 Å². The molecule has 0 saturated carbocycles. The summed E-state index contributed by atoms with van der Waals surface area (Å²) in [5, 5.41) is 2.47. The van der Waals surface area contributed by atoms with Gasteiger partial charge in [0.2, 0.25) is 0 Å². The van der Waals surface area contributed by atoms with E-state index in [4.69, 9.17) is 11.6 Å². The number of nitrogens with one attached hydrogen (secondary N) is 1. The largest absolute Gasteiger partial charge is 0.459 e. The van der Waals surface area contributed by atoms with Crippen molar-refractivity contribution in [3.8, 4) is 22.4 Å². The zero-order chi connectivity index (χ0) is 20.8. The van der Waals surface area contributed by atoms with E-state index in [1.807, 2.05) is 12.1 Å². The Morgan fingerprint density at radius 3 is 2.62 bits per heavy atom. The molecule has 0 atom stereocenters. The van der Waals surface area contributed by atoms with E-state index in [0.29, 0.717) is 17.0 Å². The van der Waals surface area contributed by atoms with Crippen molar-refractivity contribution < 1.29 is 18.7 Å². The van der Waals surface area contributed by atoms with Crippen LogP contribution in [-0.4, -0.2) is 28.5 Å². The molecule has 0 aliphatic rings. The van der Waals surface area contributed by atoms with Crippen molar-refractivity contribution >= 4 is 23.5 Å². The van der Waals surface area contributed by atoms with Gasteiger partial charge >= 0.3 is 11.9 Å². The molecule has 0 aliphatic heterocycles. The minimum Gasteiger partial charge on any atom is -0.459 e. The summed E-state index contributed by atoms with van der Waals surface area (Å²) in [6, 6.07) is 11.6. The second kappa shape index (κ2) is 9.25. The molecule has 1 N–H and O–H groups in total. The fraction of sp³-hybridized carbons (Fsp3) is 0.143. The molecule has 29 heavy (non-hydrogen) atoms. The van der Waals surface area contributed by atoms with Crippen LogP contribution in [0.25, 0.3) is 22.4 Å². The molecule has 0 aliphatic carbocycles. The number of rotatable bonds is 5. The first kappa shape index (κ1) is 20.4. The number of halogens is 2. The van der Waals surface area contributed by atoms with E-state index in [-0.39, 0.29) is 18.2 Å². The molecule has 8 heteroatoms. The van der Waals surface area contributed by atoms with Crippen LogP contribution >= 0.6 is 11.6 Å². The zero-order valence-corrected chi connectivity index (χ0v) is 16.2. The first-order valence-electron chi connectivity index (χ1n) is 8.80. The zero-order valence-electron chi connectivity index (χ0n) is 15.5. The third kappa shape index (κ3) is 4.94. The maximum absolute atomic E-state index is 13.5. The van der Waals surface area contributed by atoms with E-state index in [0.717, 1.165) is 11.1 Å². The normalized spacial score (nSPS) is 10.4. The molecular formula is C21H17ClFN3O3. The average Bonchev–Trinajstić information content (AvgIpc) is 2.74. The number of hydrogen-bond donors (Lipinski definition) is 1. The highest BCUT2D eigenvalue weighted by atomic mass is 35.5. The van der Waals surface area contributed by atoms with Gasteiger partial charge in [0.25, 0.3) is 0 Å². The summed E-state index contributed by atoms with van der Waals surface area (Å²) in [6.07, 6.45) is 3.28. The molecular weight excluding hydrogens is 397 g/mol. The van der Waals surface area contributed by atoms with Gasteiger partial charge in [-0.2, -0.15) is 0 Å². The van der Waals surface area contributed by atoms with Crippen LogP contribution in [0.3, 0.4) is 0 Å². The minimum absolute atomic E-state index is 0.0184. The van der Waals surface area contributed by atoms with E-state index in [2.05, 4.69) is 20.0 Å². The number of carbonyl (C=O) groups excluding carboxylic acids is 2. The number of esters is 1. The molecule has 2 heterocycles. The van der Waals surface area contributed by atoms with Crippen LogP contribution in [-0.2, 0) is 20.9 Å². The molecule has 1 aromatic carbocycles. The van der Waals surface area contributed by atoms with Gasteiger partial charge in [-0.05, 0) is 37.3 Å². The number of benzene rings is 1. The molecule has 0 spiro atoms. The van der Waals surface area contributed by atoms with Crippen LogP contribution in [0.2, 0.25) is 5.02 Å². The summed E-state index contributed by atoms with van der Waals surface area (Å²) in [5.74, 6) is -2.24. The van der Waals surface area contributed by atoms with Gasteiger partial charge in [0.05, 0.1) is 29.6 Å². The van der Waals surface area contributed by atoms with Gasteiger partial charge in [0.15, 0.2) is 0 Å². The van der Waals surface area contributed by atoms with Crippen LogP contribution < -0.4 is 5.32 Å². The lowest BCUT2D eigenvalue weighted by Crippen LogP contribution is -2.32. The van der Waals surface area contributed by atoms with Gasteiger partial charge in [0, 0.05) is 29.1 Å². The van der Waals surface area contributed by atoms with Crippen molar-refractivity contribution in [2.45, 2.75) is 13.5 Å². The highest BCUT2D eigenvalue weighted by molar-refractivity contribution is 6.32. The quantitative estimate of drug-likeness (QED) is 0.508. The average molecular weight is 414 g/mol. The lowest BCUT2D eigenvalue weighted by molar-refractivity contribution is -0.154. The predicted molar refractivity (Wildman–Crippen MR) is 106 cm³/mol. The van der Waals surface area contributed by atoms with Gasteiger partial charge in [-0.1, -0.05) is 23.7 Å². The molecule has 0 unspecified atom stereocenters. The smallest absolute Gasteiger partial charge is 0.396 e. The molecule has 1 amide bonds. The summed E-state index contributed by atoms with van der Waals surface area (Å²) in [7, 11) is 0. The second-order valence-corrected chi connectivity index (χ2v) is 6.38. The summed E-state index contributed by atoms with van der Waals surface area (Å²) in [6.45, 7) is 1.84. The first-order valence-corrected chi connectivity index (χ1v) is 9.18. The van der Waals surface area contributed by atoms with Crippen molar-refractivity contribution in [2.24, 2.45) is 0 Å². The van der Waals surface area contributed by atoms with Crippen molar-refractivity contribution in [1.82, 2.24) is 15.3 Å². The molecule has 3 rings (SSSR count). The molecule has 0 bridgehead atoms. The van der Waals surface area contributed by atoms with E-state index >= 15 is 0 Å². The first-order chi connectivity index (χ1) is 14.0. The van der Waals surface area contributed by atoms with E-state index in [9.17, 15) is 14.0 Å². The Labute approximate surface area is 171 Å². The van der Waals surface area contributed by atoms with Gasteiger partial charge in [-0.3, -0.25) is 14.8 Å². The molecule has 148 valence electrons. The lowest BCUT2D eigenvalue weighted by atomic mass is 10.0. The van der Waals surface area contributed by atoms with Crippen LogP contribution in [0, 0.1) is 5.82 Å². The third-order valence-electron chi connectivity index (χ3n) is 4.03. The SMILES string of the molecule is CCOC(=O)C(=O)NCc1ccc(-c2cccnc2-c2ccc(F)c(Cl)c2)cn1. The van der Waals surface area contributed by atoms with Gasteiger partial charge < -0.3 is 10.1 Å². The Morgan fingerprint density at radius 1 is 1.14 bits per heavy atom. The molecule has 6 nitrogen and oxygen atoms in total. The topological polar surface area (TPSA) is 81.2 Å². The van der Waals surface area contributed by atoms with Crippen LogP contribution in [0.1, 0.15) is 12.6 Å². The van der Waals surface area contributed by atoms with Crippen LogP contribution in [0.5, 0.6) is 0 Å². The maximum Gasteiger partial charge on any atom is 0.396 e. The van der Waals surface area contributed by atoms with Crippen molar-refractivity contribution in [2.75, 3.05) is 6.61 Å². The van der Waals surface area contributed by atoms with E-state index in [1.165, 1.54) is 12.1 Å². The molecule has 3 aromatic rings. The van der Waals surface area contributed by atoms with Crippen molar-refractivity contribution in [1.29, 1.82) is 0 Å². The maximum atomic E-state index is 13.5. The summed E-state index contributed by atoms with van der Waals surface area (Å²) in [4.78, 5) is 31.6. The standard InChI is InChI=1S/C21H17ClFN3O3/c1-2-29-21(28)20(27)26-12-15-7-5-14(11-25-15)16-4-3-9-24-19(16)13-6-8-18(23)17(22)10-13/h3-11H,2,12H2,1H3,(H,26,27). The number of amides is 1. The highest BCUT2D eigenvalue weighted by Crippen LogP contribution is 2.31. The monoisotopic (exact) mass is 413 g/mol. The third-order valence-corrected chi connectivity index (χ3v) is 4.32. The minimum atomic E-state index is -0.929. The van der Waals surface area contributed by atoms with E-state index < -0.39 is 17.7 Å². The molecule has 0 saturated heterocycles. The Hall–Kier alpha value is -3.32. The summed E-state index contributed by atoms with van der Waals surface area (Å²) < 4.78 is 18.1. The number of carbonyl (C=O) groups is 2. The van der Waals surface area contributed by atoms with Gasteiger partial charge in [-0.15, -0.1) is 0 Å². The summed E-state index contributed by atoms with van der Waals surface area (Å²) >= 11 is 5.90. The fourth-order valence-corrected chi connectivity index (χ4v) is 2.82. The number of pyridine rings is 2. The van der Waals surface area contributed by atoms with Crippen LogP contribution in [0.15, 0.2) is 54.9 Å². The fourth-order valence-electron chi connectivity index (χ4n) is 2.64. The van der Waals surface area contributed by atoms with Gasteiger partial charge in [0.1, 0.15) is 5.82 Å². The number of hydrogen-bond acceptors (Lipinski definition) is 5. The number of aromatic nitrogens is 2. The lowest BCUT2D eigenvalue weighted by Gasteiger charge is -2.10. The Balaban J connectivity index is 1.79. The Bertz CT molecular complexity index is 1040. The molecule has 2 aromatic heterocycles. The molecule has 0 fully saturated rings. The Kier molecular flexibility index (Phi) is 6.51. The summed E-state index contributed by atoms with van der Waals surface area (Å²) in [5.41, 5.74) is 3.47. The Morgan fingerprint density at radius 2 is 1.93 bits per heavy atom. The van der Waals surface area contributed by atoms with Gasteiger partial charge in [-0.25, -0.2) is 9.18 Å². The van der Waals surface area contributed by atoms with E-state index in [1.54, 1.807) is 37.5 Å². The number of nitrogens with zero attached hydrogens (tertiary/aromatic N) is 2. The number of ether oxygens (including phenoxy) is 1.